The number of aromatic nitrogens is 2. The Morgan fingerprint density at radius 1 is 0.700 bits per heavy atom. The molecule has 10 heavy (non-hydrogen) atoms. The second kappa shape index (κ2) is 2.91. The first-order chi connectivity index (χ1) is 4.63. The molecule has 0 aromatic carbocycles. The van der Waals surface area contributed by atoms with Crippen LogP contribution in [0.1, 0.15) is 0 Å². The molecule has 0 bridgehead atoms. The van der Waals surface area contributed by atoms with Gasteiger partial charge in [-0.15, -0.1) is 0 Å². The zero-order valence-electron chi connectivity index (χ0n) is 4.89. The van der Waals surface area contributed by atoms with Crippen molar-refractivity contribution >= 4 is 62.0 Å². The third kappa shape index (κ3) is 1.34. The minimum absolute atomic E-state index is 0.670. The van der Waals surface area contributed by atoms with Crippen molar-refractivity contribution in [2.24, 2.45) is 0 Å². The molecule has 0 unspecified atom stereocenters. The first-order valence-corrected chi connectivity index (χ1v) is 4.40. The van der Waals surface area contributed by atoms with Crippen LogP contribution < -0.4 is 21.0 Å². The summed E-state index contributed by atoms with van der Waals surface area (Å²) in [7, 11) is 13.2. The molecule has 2 nitrogen and oxygen atoms in total. The molecular formula is C4N2Si4. The monoisotopic (exact) mass is 188 g/mol. The summed E-state index contributed by atoms with van der Waals surface area (Å²) in [6, 6.07) is 0. The maximum Gasteiger partial charge on any atom is 0.102 e. The van der Waals surface area contributed by atoms with Gasteiger partial charge in [0, 0.05) is 10.6 Å². The summed E-state index contributed by atoms with van der Waals surface area (Å²) in [6.07, 6.45) is 0. The van der Waals surface area contributed by atoms with Crippen LogP contribution in [-0.4, -0.2) is 51.2 Å². The van der Waals surface area contributed by atoms with Crippen LogP contribution in [0.25, 0.3) is 0 Å². The van der Waals surface area contributed by atoms with Crippen LogP contribution in [0.5, 0.6) is 0 Å². The van der Waals surface area contributed by atoms with Gasteiger partial charge in [-0.2, -0.15) is 10.2 Å². The van der Waals surface area contributed by atoms with Gasteiger partial charge in [0.2, 0.25) is 0 Å². The van der Waals surface area contributed by atoms with E-state index in [2.05, 4.69) is 51.2 Å². The van der Waals surface area contributed by atoms with Crippen molar-refractivity contribution in [3.05, 3.63) is 0 Å². The Morgan fingerprint density at radius 2 is 1.00 bits per heavy atom. The van der Waals surface area contributed by atoms with Crippen molar-refractivity contribution in [3.63, 3.8) is 0 Å². The zero-order valence-corrected chi connectivity index (χ0v) is 8.89. The quantitative estimate of drug-likeness (QED) is 0.385. The standard InChI is InChI=1S/C4N2Si4/c7-1-2(8)4(10)6-5-3(1)9. The lowest BCUT2D eigenvalue weighted by Gasteiger charge is -2.03. The average Bonchev–Trinajstić information content (AvgIpc) is 1.93. The van der Waals surface area contributed by atoms with Crippen molar-refractivity contribution in [3.8, 4) is 0 Å². The highest BCUT2D eigenvalue weighted by molar-refractivity contribution is 6.61. The molecule has 1 heterocycles. The van der Waals surface area contributed by atoms with Crippen LogP contribution in [-0.2, 0) is 0 Å². The van der Waals surface area contributed by atoms with Gasteiger partial charge >= 0.3 is 0 Å². The lowest BCUT2D eigenvalue weighted by molar-refractivity contribution is 1.11. The van der Waals surface area contributed by atoms with Gasteiger partial charge in [0.25, 0.3) is 0 Å². The summed E-state index contributed by atoms with van der Waals surface area (Å²) < 4.78 is 0. The van der Waals surface area contributed by atoms with Crippen LogP contribution in [0.4, 0.5) is 0 Å². The van der Waals surface area contributed by atoms with E-state index in [4.69, 9.17) is 0 Å². The fourth-order valence-electron chi connectivity index (χ4n) is 0.437. The topological polar surface area (TPSA) is 25.8 Å². The molecule has 0 aliphatic rings. The van der Waals surface area contributed by atoms with Gasteiger partial charge in [-0.1, -0.05) is 0 Å². The second-order valence-corrected chi connectivity index (χ2v) is 3.59. The summed E-state index contributed by atoms with van der Waals surface area (Å²) >= 11 is 0. The first-order valence-electron chi connectivity index (χ1n) is 2.40. The molecule has 0 atom stereocenters. The molecule has 1 aromatic heterocycles. The van der Waals surface area contributed by atoms with Crippen molar-refractivity contribution in [1.82, 2.24) is 10.2 Å². The summed E-state index contributed by atoms with van der Waals surface area (Å²) in [4.78, 5) is 0. The number of hydrogen-bond donors (Lipinski definition) is 0. The van der Waals surface area contributed by atoms with E-state index in [0.717, 1.165) is 10.4 Å². The van der Waals surface area contributed by atoms with Crippen molar-refractivity contribution < 1.29 is 0 Å². The molecule has 42 valence electrons. The minimum atomic E-state index is 0.670. The van der Waals surface area contributed by atoms with Gasteiger partial charge in [0.1, 0.15) is 20.5 Å². The number of hydrogen-bond acceptors (Lipinski definition) is 2. The Balaban J connectivity index is 3.34. The molecule has 0 amide bonds. The maximum atomic E-state index is 3.77. The molecule has 6 heteroatoms. The highest BCUT2D eigenvalue weighted by atomic mass is 28.2. The van der Waals surface area contributed by atoms with Gasteiger partial charge in [-0.05, 0) is 10.4 Å². The largest absolute Gasteiger partial charge is 0.162 e. The van der Waals surface area contributed by atoms with Crippen molar-refractivity contribution in [2.45, 2.75) is 0 Å². The highest BCUT2D eigenvalue weighted by Crippen LogP contribution is 1.54. The summed E-state index contributed by atoms with van der Waals surface area (Å²) in [5.74, 6) is 0. The van der Waals surface area contributed by atoms with E-state index in [-0.39, 0.29) is 0 Å². The molecule has 1 rings (SSSR count). The first kappa shape index (κ1) is 8.05. The fourth-order valence-corrected chi connectivity index (χ4v) is 1.37. The second-order valence-electron chi connectivity index (χ2n) is 1.65. The number of rotatable bonds is 0. The molecule has 0 fully saturated rings. The van der Waals surface area contributed by atoms with Crippen LogP contribution in [0.15, 0.2) is 0 Å². The Hall–Kier alpha value is -0.0525. The molecule has 0 aliphatic carbocycles. The van der Waals surface area contributed by atoms with Crippen molar-refractivity contribution in [1.29, 1.82) is 0 Å². The van der Waals surface area contributed by atoms with E-state index in [1.54, 1.807) is 0 Å². The molecule has 0 spiro atoms. The molecular weight excluding hydrogens is 188 g/mol. The van der Waals surface area contributed by atoms with Gasteiger partial charge in [0.15, 0.2) is 0 Å². The summed E-state index contributed by atoms with van der Waals surface area (Å²) in [5, 5.41) is 10.6. The van der Waals surface area contributed by atoms with E-state index in [0.29, 0.717) is 10.6 Å². The Kier molecular flexibility index (Phi) is 2.34. The molecule has 12 radical (unpaired) electrons. The lowest BCUT2D eigenvalue weighted by Crippen LogP contribution is -2.50. The van der Waals surface area contributed by atoms with Gasteiger partial charge in [0.05, 0.1) is 20.5 Å². The summed E-state index contributed by atoms with van der Waals surface area (Å²) in [5.41, 5.74) is 0. The van der Waals surface area contributed by atoms with Crippen LogP contribution in [0, 0.1) is 0 Å². The third-order valence-electron chi connectivity index (χ3n) is 0.974. The van der Waals surface area contributed by atoms with Crippen LogP contribution in [0.2, 0.25) is 0 Å². The van der Waals surface area contributed by atoms with E-state index in [1.807, 2.05) is 0 Å². The predicted octanol–water partition coefficient (Wildman–Crippen LogP) is -4.35. The molecule has 1 aromatic rings. The van der Waals surface area contributed by atoms with E-state index < -0.39 is 0 Å². The smallest absolute Gasteiger partial charge is 0.102 e. The summed E-state index contributed by atoms with van der Waals surface area (Å²) in [6.45, 7) is 0. The lowest BCUT2D eigenvalue weighted by atomic mass is 10.6. The molecule has 0 saturated heterocycles. The third-order valence-corrected chi connectivity index (χ3v) is 3.40. The normalized spacial score (nSPS) is 10.0. The van der Waals surface area contributed by atoms with E-state index in [1.165, 1.54) is 0 Å². The van der Waals surface area contributed by atoms with Gasteiger partial charge < -0.3 is 0 Å². The minimum Gasteiger partial charge on any atom is -0.162 e. The molecule has 0 aliphatic heterocycles. The van der Waals surface area contributed by atoms with Crippen LogP contribution in [0.3, 0.4) is 0 Å². The van der Waals surface area contributed by atoms with E-state index >= 15 is 0 Å². The molecule has 0 saturated carbocycles. The number of nitrogens with zero attached hydrogens (tertiary/aromatic N) is 2. The maximum absolute atomic E-state index is 3.77. The zero-order chi connectivity index (χ0) is 7.72. The Morgan fingerprint density at radius 3 is 1.30 bits per heavy atom. The van der Waals surface area contributed by atoms with Crippen molar-refractivity contribution in [2.75, 3.05) is 0 Å². The average molecular weight is 188 g/mol. The molecule has 0 N–H and O–H groups in total. The SMILES string of the molecule is [Si]c1nnc([Si])c([Si])c1[Si]. The highest BCUT2D eigenvalue weighted by Gasteiger charge is 2.00. The Labute approximate surface area is 72.5 Å². The fraction of sp³-hybridized carbons (Fsp3) is 0. The van der Waals surface area contributed by atoms with E-state index in [9.17, 15) is 0 Å². The van der Waals surface area contributed by atoms with Crippen LogP contribution >= 0.6 is 0 Å². The van der Waals surface area contributed by atoms with Gasteiger partial charge in [-0.25, -0.2) is 0 Å². The predicted molar refractivity (Wildman–Crippen MR) is 43.6 cm³/mol. The Bertz CT molecular complexity index is 235. The van der Waals surface area contributed by atoms with Gasteiger partial charge in [-0.3, -0.25) is 0 Å².